The van der Waals surface area contributed by atoms with E-state index in [9.17, 15) is 8.78 Å². The lowest BCUT2D eigenvalue weighted by Crippen LogP contribution is -2.49. The van der Waals surface area contributed by atoms with Gasteiger partial charge in [-0.25, -0.2) is 8.78 Å². The third-order valence-electron chi connectivity index (χ3n) is 2.69. The molecular formula is C9H19ClF2N2. The van der Waals surface area contributed by atoms with Gasteiger partial charge >= 0.3 is 0 Å². The third-order valence-corrected chi connectivity index (χ3v) is 2.69. The summed E-state index contributed by atoms with van der Waals surface area (Å²) >= 11 is 0. The average Bonchev–Trinajstić information content (AvgIpc) is 1.92. The van der Waals surface area contributed by atoms with E-state index < -0.39 is 11.5 Å². The van der Waals surface area contributed by atoms with Gasteiger partial charge in [-0.15, -0.1) is 12.4 Å². The summed E-state index contributed by atoms with van der Waals surface area (Å²) in [7, 11) is 0. The van der Waals surface area contributed by atoms with E-state index in [1.165, 1.54) is 0 Å². The van der Waals surface area contributed by atoms with Crippen LogP contribution in [0.2, 0.25) is 0 Å². The lowest BCUT2D eigenvalue weighted by Gasteiger charge is -2.37. The molecule has 1 aliphatic carbocycles. The van der Waals surface area contributed by atoms with Gasteiger partial charge in [0, 0.05) is 18.0 Å². The predicted octanol–water partition coefficient (Wildman–Crippen LogP) is 2.05. The third kappa shape index (κ3) is 4.53. The zero-order valence-corrected chi connectivity index (χ0v) is 9.25. The molecule has 14 heavy (non-hydrogen) atoms. The molecule has 0 heterocycles. The molecule has 0 unspecified atom stereocenters. The minimum atomic E-state index is -2.66. The fraction of sp³-hybridized carbons (Fsp3) is 1.00. The summed E-state index contributed by atoms with van der Waals surface area (Å²) in [5.74, 6) is -2.66. The molecule has 2 nitrogen and oxygen atoms in total. The van der Waals surface area contributed by atoms with Crippen LogP contribution in [-0.2, 0) is 0 Å². The molecule has 0 aromatic rings. The Kier molecular flexibility index (Phi) is 4.75. The van der Waals surface area contributed by atoms with Gasteiger partial charge < -0.3 is 11.5 Å². The van der Waals surface area contributed by atoms with Gasteiger partial charge in [-0.3, -0.25) is 0 Å². The molecule has 1 rings (SSSR count). The molecule has 0 atom stereocenters. The Morgan fingerprint density at radius 2 is 1.79 bits per heavy atom. The van der Waals surface area contributed by atoms with Crippen LogP contribution in [-0.4, -0.2) is 17.5 Å². The van der Waals surface area contributed by atoms with Gasteiger partial charge in [0.1, 0.15) is 0 Å². The van der Waals surface area contributed by atoms with Crippen LogP contribution < -0.4 is 11.5 Å². The Labute approximate surface area is 89.8 Å². The van der Waals surface area contributed by atoms with Crippen molar-refractivity contribution in [2.45, 2.75) is 56.5 Å². The second-order valence-corrected chi connectivity index (χ2v) is 4.45. The molecule has 0 spiro atoms. The second-order valence-electron chi connectivity index (χ2n) is 4.45. The van der Waals surface area contributed by atoms with E-state index in [0.29, 0.717) is 12.8 Å². The van der Waals surface area contributed by atoms with Gasteiger partial charge in [0.15, 0.2) is 0 Å². The highest BCUT2D eigenvalue weighted by Crippen LogP contribution is 2.34. The van der Waals surface area contributed by atoms with Gasteiger partial charge in [0.25, 0.3) is 0 Å². The zero-order chi connectivity index (χ0) is 10.1. The van der Waals surface area contributed by atoms with Crippen LogP contribution in [0.3, 0.4) is 0 Å². The number of rotatable bonds is 2. The molecule has 0 aliphatic heterocycles. The van der Waals surface area contributed by atoms with E-state index >= 15 is 0 Å². The molecule has 4 N–H and O–H groups in total. The number of hydrogen-bond donors (Lipinski definition) is 2. The van der Waals surface area contributed by atoms with Gasteiger partial charge in [-0.1, -0.05) is 0 Å². The highest BCUT2D eigenvalue weighted by molar-refractivity contribution is 5.85. The molecular weight excluding hydrogens is 210 g/mol. The van der Waals surface area contributed by atoms with E-state index in [1.54, 1.807) is 0 Å². The molecule has 0 aromatic heterocycles. The Bertz CT molecular complexity index is 174. The Morgan fingerprint density at radius 3 is 2.14 bits per heavy atom. The van der Waals surface area contributed by atoms with Crippen molar-refractivity contribution in [3.8, 4) is 0 Å². The van der Waals surface area contributed by atoms with Gasteiger partial charge in [-0.05, 0) is 32.6 Å². The van der Waals surface area contributed by atoms with Crippen molar-refractivity contribution < 1.29 is 8.78 Å². The first kappa shape index (κ1) is 14.1. The maximum Gasteiger partial charge on any atom is 0.247 e. The summed E-state index contributed by atoms with van der Waals surface area (Å²) in [5.41, 5.74) is 10.9. The van der Waals surface area contributed by atoms with E-state index in [4.69, 9.17) is 11.5 Å². The van der Waals surface area contributed by atoms with E-state index in [1.807, 2.05) is 0 Å². The smallest absolute Gasteiger partial charge is 0.247 e. The standard InChI is InChI=1S/C9H18F2N2.ClH/c1-8(10,11)6-9(13)4-2-7(12)3-5-9;/h7H,2-6,12-13H2,1H3;1H. The fourth-order valence-corrected chi connectivity index (χ4v) is 2.01. The van der Waals surface area contributed by atoms with Crippen molar-refractivity contribution in [1.82, 2.24) is 0 Å². The van der Waals surface area contributed by atoms with Crippen molar-refractivity contribution in [3.05, 3.63) is 0 Å². The first-order chi connectivity index (χ1) is 5.81. The normalized spacial score (nSPS) is 33.6. The number of halogens is 3. The van der Waals surface area contributed by atoms with Crippen molar-refractivity contribution in [3.63, 3.8) is 0 Å². The molecule has 1 saturated carbocycles. The molecule has 0 radical (unpaired) electrons. The second kappa shape index (κ2) is 4.73. The summed E-state index contributed by atoms with van der Waals surface area (Å²) < 4.78 is 25.5. The molecule has 0 bridgehead atoms. The maximum atomic E-state index is 12.7. The van der Waals surface area contributed by atoms with E-state index in [0.717, 1.165) is 19.8 Å². The summed E-state index contributed by atoms with van der Waals surface area (Å²) in [6.07, 6.45) is 2.57. The van der Waals surface area contributed by atoms with Crippen LogP contribution in [0.5, 0.6) is 0 Å². The monoisotopic (exact) mass is 228 g/mol. The summed E-state index contributed by atoms with van der Waals surface area (Å²) in [6, 6.07) is 0.155. The molecule has 0 saturated heterocycles. The molecule has 1 aliphatic rings. The van der Waals surface area contributed by atoms with E-state index in [-0.39, 0.29) is 24.9 Å². The SMILES string of the molecule is CC(F)(F)CC1(N)CCC(N)CC1.Cl. The quantitative estimate of drug-likeness (QED) is 0.760. The Morgan fingerprint density at radius 1 is 1.36 bits per heavy atom. The molecule has 0 amide bonds. The maximum absolute atomic E-state index is 12.7. The van der Waals surface area contributed by atoms with Crippen LogP contribution >= 0.6 is 12.4 Å². The summed E-state index contributed by atoms with van der Waals surface area (Å²) in [6.45, 7) is 0.927. The topological polar surface area (TPSA) is 52.0 Å². The first-order valence-electron chi connectivity index (χ1n) is 4.73. The van der Waals surface area contributed by atoms with Crippen LogP contribution in [0.15, 0.2) is 0 Å². The highest BCUT2D eigenvalue weighted by Gasteiger charge is 2.38. The van der Waals surface area contributed by atoms with E-state index in [2.05, 4.69) is 0 Å². The molecule has 5 heteroatoms. The highest BCUT2D eigenvalue weighted by atomic mass is 35.5. The van der Waals surface area contributed by atoms with Gasteiger partial charge in [0.2, 0.25) is 5.92 Å². The number of hydrogen-bond acceptors (Lipinski definition) is 2. The van der Waals surface area contributed by atoms with Crippen LogP contribution in [0.1, 0.15) is 39.0 Å². The Balaban J connectivity index is 0.00000169. The first-order valence-corrected chi connectivity index (χ1v) is 4.73. The number of nitrogens with two attached hydrogens (primary N) is 2. The summed E-state index contributed by atoms with van der Waals surface area (Å²) in [5, 5.41) is 0. The van der Waals surface area contributed by atoms with Crippen LogP contribution in [0, 0.1) is 0 Å². The lowest BCUT2D eigenvalue weighted by atomic mass is 9.77. The van der Waals surface area contributed by atoms with Gasteiger partial charge in [-0.2, -0.15) is 0 Å². The minimum Gasteiger partial charge on any atom is -0.328 e. The summed E-state index contributed by atoms with van der Waals surface area (Å²) in [4.78, 5) is 0. The van der Waals surface area contributed by atoms with Crippen molar-refractivity contribution >= 4 is 12.4 Å². The molecule has 1 fully saturated rings. The van der Waals surface area contributed by atoms with Crippen LogP contribution in [0.25, 0.3) is 0 Å². The Hall–Kier alpha value is 0.0700. The average molecular weight is 229 g/mol. The van der Waals surface area contributed by atoms with Gasteiger partial charge in [0.05, 0.1) is 0 Å². The van der Waals surface area contributed by atoms with Crippen molar-refractivity contribution in [1.29, 1.82) is 0 Å². The minimum absolute atomic E-state index is 0. The van der Waals surface area contributed by atoms with Crippen molar-refractivity contribution in [2.24, 2.45) is 11.5 Å². The molecule has 0 aromatic carbocycles. The van der Waals surface area contributed by atoms with Crippen LogP contribution in [0.4, 0.5) is 8.78 Å². The fourth-order valence-electron chi connectivity index (χ4n) is 2.01. The predicted molar refractivity (Wildman–Crippen MR) is 55.8 cm³/mol. The zero-order valence-electron chi connectivity index (χ0n) is 8.43. The lowest BCUT2D eigenvalue weighted by molar-refractivity contribution is -0.0165. The molecule has 86 valence electrons. The number of alkyl halides is 2. The van der Waals surface area contributed by atoms with Crippen molar-refractivity contribution in [2.75, 3.05) is 0 Å². The largest absolute Gasteiger partial charge is 0.328 e.